The summed E-state index contributed by atoms with van der Waals surface area (Å²) in [5.74, 6) is 0. The molecule has 0 aliphatic heterocycles. The summed E-state index contributed by atoms with van der Waals surface area (Å²) in [6.45, 7) is 0. The average molecular weight is 371 g/mol. The highest BCUT2D eigenvalue weighted by Crippen LogP contribution is 2.37. The minimum absolute atomic E-state index is 0.126. The van der Waals surface area contributed by atoms with Crippen LogP contribution in [-0.4, -0.2) is 20.4 Å². The van der Waals surface area contributed by atoms with Crippen LogP contribution in [0, 0.1) is 11.3 Å². The topological polar surface area (TPSA) is 78.2 Å². The van der Waals surface area contributed by atoms with Crippen LogP contribution in [0.15, 0.2) is 42.5 Å². The number of thiophene rings is 1. The first-order valence-electron chi connectivity index (χ1n) is 7.35. The Morgan fingerprint density at radius 1 is 1.04 bits per heavy atom. The summed E-state index contributed by atoms with van der Waals surface area (Å²) in [6.07, 6.45) is -4.38. The number of nitrogens with one attached hydrogen (secondary N) is 1. The fourth-order valence-electron chi connectivity index (χ4n) is 2.52. The lowest BCUT2D eigenvalue weighted by atomic mass is 10.1. The van der Waals surface area contributed by atoms with Gasteiger partial charge in [-0.05, 0) is 35.7 Å². The molecule has 0 atom stereocenters. The van der Waals surface area contributed by atoms with Crippen molar-refractivity contribution < 1.29 is 13.2 Å². The maximum Gasteiger partial charge on any atom is 0.416 e. The molecule has 128 valence electrons. The van der Waals surface area contributed by atoms with E-state index in [4.69, 9.17) is 5.26 Å². The number of nitrogens with zero attached hydrogens (tertiary/aromatic N) is 4. The first kappa shape index (κ1) is 16.2. The lowest BCUT2D eigenvalue weighted by Crippen LogP contribution is -2.03. The Morgan fingerprint density at radius 2 is 1.85 bits per heavy atom. The van der Waals surface area contributed by atoms with Crippen LogP contribution in [0.2, 0.25) is 0 Å². The Hall–Kier alpha value is -3.25. The molecule has 0 aliphatic rings. The van der Waals surface area contributed by atoms with Gasteiger partial charge in [-0.15, -0.1) is 16.4 Å². The van der Waals surface area contributed by atoms with Gasteiger partial charge in [0.05, 0.1) is 21.8 Å². The summed E-state index contributed by atoms with van der Waals surface area (Å²) in [7, 11) is 0. The van der Waals surface area contributed by atoms with Crippen LogP contribution in [0.25, 0.3) is 32.0 Å². The quantitative estimate of drug-likeness (QED) is 0.557. The van der Waals surface area contributed by atoms with E-state index in [2.05, 4.69) is 20.4 Å². The molecular formula is C17H8F3N5S. The van der Waals surface area contributed by atoms with Crippen molar-refractivity contribution >= 4 is 21.4 Å². The van der Waals surface area contributed by atoms with Gasteiger partial charge in [-0.2, -0.15) is 28.7 Å². The molecule has 5 nitrogen and oxygen atoms in total. The highest BCUT2D eigenvalue weighted by atomic mass is 32.1. The van der Waals surface area contributed by atoms with Crippen LogP contribution in [0.3, 0.4) is 0 Å². The van der Waals surface area contributed by atoms with E-state index >= 15 is 0 Å². The molecule has 0 bridgehead atoms. The lowest BCUT2D eigenvalue weighted by molar-refractivity contribution is -0.137. The Balaban J connectivity index is 1.79. The number of hydrogen-bond acceptors (Lipinski definition) is 5. The Morgan fingerprint density at radius 3 is 2.62 bits per heavy atom. The van der Waals surface area contributed by atoms with Crippen molar-refractivity contribution in [1.29, 1.82) is 5.26 Å². The van der Waals surface area contributed by atoms with E-state index in [-0.39, 0.29) is 5.69 Å². The number of hydrogen-bond donors (Lipinski definition) is 1. The maximum absolute atomic E-state index is 12.9. The maximum atomic E-state index is 12.9. The van der Waals surface area contributed by atoms with Crippen molar-refractivity contribution in [2.45, 2.75) is 6.18 Å². The predicted molar refractivity (Wildman–Crippen MR) is 90.1 cm³/mol. The zero-order chi connectivity index (χ0) is 18.3. The summed E-state index contributed by atoms with van der Waals surface area (Å²) >= 11 is 1.23. The van der Waals surface area contributed by atoms with Gasteiger partial charge in [-0.1, -0.05) is 12.1 Å². The van der Waals surface area contributed by atoms with E-state index in [0.29, 0.717) is 27.2 Å². The van der Waals surface area contributed by atoms with E-state index in [1.165, 1.54) is 17.4 Å². The molecule has 0 saturated carbocycles. The minimum Gasteiger partial charge on any atom is -0.245 e. The normalized spacial score (nSPS) is 11.6. The molecule has 3 aromatic heterocycles. The summed E-state index contributed by atoms with van der Waals surface area (Å²) in [5, 5.41) is 19.8. The standard InChI is InChI=1S/C17H8F3N5S/c18-17(19,20)10-5-4-9-6-15(26-14(9)7-10)11-2-1-3-12(22-11)16-13(8-21)23-25-24-16/h1-7H,(H,23,24,25). The van der Waals surface area contributed by atoms with Crippen molar-refractivity contribution in [3.05, 3.63) is 53.7 Å². The number of aromatic nitrogens is 4. The van der Waals surface area contributed by atoms with Crippen molar-refractivity contribution in [2.24, 2.45) is 0 Å². The largest absolute Gasteiger partial charge is 0.416 e. The van der Waals surface area contributed by atoms with Gasteiger partial charge in [0.15, 0.2) is 5.69 Å². The van der Waals surface area contributed by atoms with Crippen LogP contribution in [0.4, 0.5) is 13.2 Å². The lowest BCUT2D eigenvalue weighted by Gasteiger charge is -2.05. The number of alkyl halides is 3. The van der Waals surface area contributed by atoms with Gasteiger partial charge in [0, 0.05) is 4.70 Å². The predicted octanol–water partition coefficient (Wildman–Crippen LogP) is 4.64. The first-order valence-corrected chi connectivity index (χ1v) is 8.17. The van der Waals surface area contributed by atoms with Gasteiger partial charge in [0.2, 0.25) is 0 Å². The third-order valence-corrected chi connectivity index (χ3v) is 4.87. The summed E-state index contributed by atoms with van der Waals surface area (Å²) in [4.78, 5) is 5.20. The fraction of sp³-hybridized carbons (Fsp3) is 0.0588. The number of pyridine rings is 1. The zero-order valence-corrected chi connectivity index (χ0v) is 13.7. The van der Waals surface area contributed by atoms with E-state index in [1.807, 2.05) is 6.07 Å². The SMILES string of the molecule is N#Cc1n[nH]nc1-c1cccc(-c2cc3ccc(C(F)(F)F)cc3s2)n1. The molecule has 3 heterocycles. The number of fused-ring (bicyclic) bond motifs is 1. The summed E-state index contributed by atoms with van der Waals surface area (Å²) < 4.78 is 39.2. The van der Waals surface area contributed by atoms with Crippen molar-refractivity contribution in [3.8, 4) is 28.0 Å². The fourth-order valence-corrected chi connectivity index (χ4v) is 3.60. The Bertz CT molecular complexity index is 1150. The summed E-state index contributed by atoms with van der Waals surface area (Å²) in [5.41, 5.74) is 0.822. The van der Waals surface area contributed by atoms with E-state index in [0.717, 1.165) is 17.0 Å². The second kappa shape index (κ2) is 5.93. The number of halogens is 3. The molecule has 0 unspecified atom stereocenters. The number of nitriles is 1. The molecule has 0 saturated heterocycles. The monoisotopic (exact) mass is 371 g/mol. The Labute approximate surface area is 148 Å². The van der Waals surface area contributed by atoms with Crippen LogP contribution >= 0.6 is 11.3 Å². The van der Waals surface area contributed by atoms with Crippen molar-refractivity contribution in [2.75, 3.05) is 0 Å². The molecule has 4 aromatic rings. The van der Waals surface area contributed by atoms with E-state index < -0.39 is 11.7 Å². The number of benzene rings is 1. The minimum atomic E-state index is -4.38. The van der Waals surface area contributed by atoms with E-state index in [1.54, 1.807) is 24.3 Å². The van der Waals surface area contributed by atoms with Gasteiger partial charge in [0.25, 0.3) is 0 Å². The summed E-state index contributed by atoms with van der Waals surface area (Å²) in [6, 6.07) is 12.6. The second-order valence-corrected chi connectivity index (χ2v) is 6.49. The van der Waals surface area contributed by atoms with Gasteiger partial charge < -0.3 is 0 Å². The molecule has 1 aromatic carbocycles. The molecule has 1 N–H and O–H groups in total. The van der Waals surface area contributed by atoms with Crippen LogP contribution in [0.5, 0.6) is 0 Å². The van der Waals surface area contributed by atoms with Crippen molar-refractivity contribution in [1.82, 2.24) is 20.4 Å². The van der Waals surface area contributed by atoms with Gasteiger partial charge in [-0.25, -0.2) is 4.98 Å². The number of rotatable bonds is 2. The second-order valence-electron chi connectivity index (χ2n) is 5.40. The highest BCUT2D eigenvalue weighted by Gasteiger charge is 2.30. The molecule has 0 radical (unpaired) electrons. The van der Waals surface area contributed by atoms with Crippen LogP contribution in [-0.2, 0) is 6.18 Å². The van der Waals surface area contributed by atoms with Crippen LogP contribution in [0.1, 0.15) is 11.3 Å². The van der Waals surface area contributed by atoms with Gasteiger partial charge in [0.1, 0.15) is 11.8 Å². The van der Waals surface area contributed by atoms with Gasteiger partial charge >= 0.3 is 6.18 Å². The molecular weight excluding hydrogens is 363 g/mol. The molecule has 4 rings (SSSR count). The third-order valence-electron chi connectivity index (χ3n) is 3.75. The first-order chi connectivity index (χ1) is 12.5. The average Bonchev–Trinajstić information content (AvgIpc) is 3.27. The number of aromatic amines is 1. The molecule has 9 heteroatoms. The smallest absolute Gasteiger partial charge is 0.245 e. The van der Waals surface area contributed by atoms with Crippen LogP contribution < -0.4 is 0 Å². The van der Waals surface area contributed by atoms with Gasteiger partial charge in [-0.3, -0.25) is 0 Å². The molecule has 0 fully saturated rings. The number of H-pyrrole nitrogens is 1. The molecule has 26 heavy (non-hydrogen) atoms. The molecule has 0 amide bonds. The zero-order valence-electron chi connectivity index (χ0n) is 12.9. The molecule has 0 spiro atoms. The third kappa shape index (κ3) is 2.80. The Kier molecular flexibility index (Phi) is 3.70. The van der Waals surface area contributed by atoms with E-state index in [9.17, 15) is 13.2 Å². The van der Waals surface area contributed by atoms with Crippen molar-refractivity contribution in [3.63, 3.8) is 0 Å². The highest BCUT2D eigenvalue weighted by molar-refractivity contribution is 7.22. The molecule has 0 aliphatic carbocycles.